The molecule has 2 nitrogen and oxygen atoms in total. The summed E-state index contributed by atoms with van der Waals surface area (Å²) in [4.78, 5) is 0. The Morgan fingerprint density at radius 1 is 1.38 bits per heavy atom. The molecule has 88 valence electrons. The molecule has 16 heavy (non-hydrogen) atoms. The molecule has 1 aliphatic carbocycles. The molecule has 0 bridgehead atoms. The maximum atomic E-state index is 6.39. The Hall–Kier alpha value is -0.730. The Kier molecular flexibility index (Phi) is 2.89. The zero-order valence-corrected chi connectivity index (χ0v) is 10.8. The number of methoxy groups -OCH3 is 1. The van der Waals surface area contributed by atoms with E-state index in [1.807, 2.05) is 13.0 Å². The van der Waals surface area contributed by atoms with E-state index in [-0.39, 0.29) is 5.54 Å². The largest absolute Gasteiger partial charge is 0.495 e. The summed E-state index contributed by atoms with van der Waals surface area (Å²) in [5.41, 5.74) is 9.69. The van der Waals surface area contributed by atoms with Crippen LogP contribution in [0.4, 0.5) is 0 Å². The van der Waals surface area contributed by atoms with Crippen LogP contribution in [-0.2, 0) is 5.54 Å². The zero-order valence-electron chi connectivity index (χ0n) is 10.1. The number of ether oxygens (including phenoxy) is 1. The monoisotopic (exact) mass is 239 g/mol. The van der Waals surface area contributed by atoms with E-state index in [9.17, 15) is 0 Å². The maximum Gasteiger partial charge on any atom is 0.138 e. The van der Waals surface area contributed by atoms with Crippen molar-refractivity contribution >= 4 is 11.6 Å². The van der Waals surface area contributed by atoms with Gasteiger partial charge < -0.3 is 10.5 Å². The van der Waals surface area contributed by atoms with E-state index in [0.717, 1.165) is 24.2 Å². The summed E-state index contributed by atoms with van der Waals surface area (Å²) in [5, 5.41) is 0.694. The highest BCUT2D eigenvalue weighted by molar-refractivity contribution is 6.33. The number of rotatable bonds is 2. The van der Waals surface area contributed by atoms with Crippen molar-refractivity contribution < 1.29 is 4.74 Å². The highest BCUT2D eigenvalue weighted by Gasteiger charge is 2.37. The number of nitrogens with two attached hydrogens (primary N) is 1. The quantitative estimate of drug-likeness (QED) is 0.860. The van der Waals surface area contributed by atoms with Gasteiger partial charge in [0, 0.05) is 5.54 Å². The average molecular weight is 240 g/mol. The standard InChI is InChI=1S/C13H18ClNO/c1-8-7-10(16-3)12(14)9(2)11(8)13(15)5-4-6-13/h7H,4-6,15H2,1-3H3. The average Bonchev–Trinajstić information content (AvgIpc) is 2.21. The summed E-state index contributed by atoms with van der Waals surface area (Å²) in [7, 11) is 1.64. The van der Waals surface area contributed by atoms with E-state index >= 15 is 0 Å². The molecule has 3 heteroatoms. The van der Waals surface area contributed by atoms with Crippen molar-refractivity contribution in [1.82, 2.24) is 0 Å². The fourth-order valence-electron chi connectivity index (χ4n) is 2.64. The van der Waals surface area contributed by atoms with Crippen LogP contribution in [0.2, 0.25) is 5.02 Å². The Morgan fingerprint density at radius 3 is 2.44 bits per heavy atom. The van der Waals surface area contributed by atoms with Crippen molar-refractivity contribution in [3.05, 3.63) is 27.8 Å². The van der Waals surface area contributed by atoms with E-state index in [1.165, 1.54) is 17.5 Å². The minimum absolute atomic E-state index is 0.163. The molecule has 0 amide bonds. The molecule has 1 fully saturated rings. The second-order valence-corrected chi connectivity index (χ2v) is 5.10. The molecule has 0 spiro atoms. The van der Waals surface area contributed by atoms with Crippen LogP contribution in [0, 0.1) is 13.8 Å². The molecule has 1 aliphatic rings. The summed E-state index contributed by atoms with van der Waals surface area (Å²) in [6.07, 6.45) is 3.31. The summed E-state index contributed by atoms with van der Waals surface area (Å²) in [6.45, 7) is 4.11. The second kappa shape index (κ2) is 3.94. The van der Waals surface area contributed by atoms with Gasteiger partial charge in [0.05, 0.1) is 12.1 Å². The topological polar surface area (TPSA) is 35.2 Å². The predicted octanol–water partition coefficient (Wildman–Crippen LogP) is 3.30. The van der Waals surface area contributed by atoms with Crippen LogP contribution in [0.5, 0.6) is 5.75 Å². The van der Waals surface area contributed by atoms with E-state index in [1.54, 1.807) is 7.11 Å². The number of aryl methyl sites for hydroxylation is 1. The molecule has 1 saturated carbocycles. The first-order chi connectivity index (χ1) is 7.49. The molecule has 0 atom stereocenters. The molecular formula is C13H18ClNO. The highest BCUT2D eigenvalue weighted by atomic mass is 35.5. The molecule has 0 aromatic heterocycles. The molecule has 0 radical (unpaired) electrons. The van der Waals surface area contributed by atoms with Gasteiger partial charge in [-0.05, 0) is 55.9 Å². The summed E-state index contributed by atoms with van der Waals surface area (Å²) >= 11 is 6.28. The third-order valence-electron chi connectivity index (χ3n) is 3.63. The Bertz CT molecular complexity index is 424. The molecule has 1 aromatic carbocycles. The summed E-state index contributed by atoms with van der Waals surface area (Å²) < 4.78 is 5.25. The van der Waals surface area contributed by atoms with E-state index in [2.05, 4.69) is 6.92 Å². The lowest BCUT2D eigenvalue weighted by molar-refractivity contribution is 0.251. The van der Waals surface area contributed by atoms with Crippen LogP contribution in [0.15, 0.2) is 6.07 Å². The lowest BCUT2D eigenvalue weighted by Crippen LogP contribution is -2.44. The Labute approximate surface area is 102 Å². The molecule has 2 rings (SSSR count). The van der Waals surface area contributed by atoms with Crippen LogP contribution in [0.1, 0.15) is 36.0 Å². The van der Waals surface area contributed by atoms with Gasteiger partial charge in [0.1, 0.15) is 5.75 Å². The summed E-state index contributed by atoms with van der Waals surface area (Å²) in [5.74, 6) is 0.739. The minimum Gasteiger partial charge on any atom is -0.495 e. The van der Waals surface area contributed by atoms with Gasteiger partial charge in [-0.2, -0.15) is 0 Å². The van der Waals surface area contributed by atoms with Crippen molar-refractivity contribution in [1.29, 1.82) is 0 Å². The fourth-order valence-corrected chi connectivity index (χ4v) is 2.87. The highest BCUT2D eigenvalue weighted by Crippen LogP contribution is 2.45. The Balaban J connectivity index is 2.58. The van der Waals surface area contributed by atoms with Crippen LogP contribution < -0.4 is 10.5 Å². The molecule has 0 aliphatic heterocycles. The molecule has 0 saturated heterocycles. The van der Waals surface area contributed by atoms with E-state index in [4.69, 9.17) is 22.1 Å². The zero-order chi connectivity index (χ0) is 11.9. The minimum atomic E-state index is -0.163. The SMILES string of the molecule is COc1cc(C)c(C2(N)CCC2)c(C)c1Cl. The molecule has 2 N–H and O–H groups in total. The van der Waals surface area contributed by atoms with Crippen molar-refractivity contribution in [3.8, 4) is 5.75 Å². The van der Waals surface area contributed by atoms with Crippen molar-refractivity contribution in [3.63, 3.8) is 0 Å². The maximum absolute atomic E-state index is 6.39. The van der Waals surface area contributed by atoms with Gasteiger partial charge in [-0.25, -0.2) is 0 Å². The van der Waals surface area contributed by atoms with Gasteiger partial charge in [0.2, 0.25) is 0 Å². The number of hydrogen-bond acceptors (Lipinski definition) is 2. The number of benzene rings is 1. The van der Waals surface area contributed by atoms with Crippen molar-refractivity contribution in [2.75, 3.05) is 7.11 Å². The van der Waals surface area contributed by atoms with Gasteiger partial charge >= 0.3 is 0 Å². The van der Waals surface area contributed by atoms with Gasteiger partial charge in [-0.3, -0.25) is 0 Å². The van der Waals surface area contributed by atoms with Crippen LogP contribution in [0.3, 0.4) is 0 Å². The number of hydrogen-bond donors (Lipinski definition) is 1. The van der Waals surface area contributed by atoms with Gasteiger partial charge in [0.25, 0.3) is 0 Å². The van der Waals surface area contributed by atoms with Gasteiger partial charge in [-0.15, -0.1) is 0 Å². The molecule has 0 unspecified atom stereocenters. The lowest BCUT2D eigenvalue weighted by atomic mass is 9.70. The third kappa shape index (κ3) is 1.61. The van der Waals surface area contributed by atoms with Gasteiger partial charge in [0.15, 0.2) is 0 Å². The molecule has 1 aromatic rings. The first-order valence-electron chi connectivity index (χ1n) is 5.62. The van der Waals surface area contributed by atoms with Crippen molar-refractivity contribution in [2.45, 2.75) is 38.6 Å². The summed E-state index contributed by atoms with van der Waals surface area (Å²) in [6, 6.07) is 1.98. The fraction of sp³-hybridized carbons (Fsp3) is 0.538. The first-order valence-corrected chi connectivity index (χ1v) is 6.00. The smallest absolute Gasteiger partial charge is 0.138 e. The van der Waals surface area contributed by atoms with Crippen LogP contribution >= 0.6 is 11.6 Å². The second-order valence-electron chi connectivity index (χ2n) is 4.72. The third-order valence-corrected chi connectivity index (χ3v) is 4.10. The van der Waals surface area contributed by atoms with Crippen LogP contribution in [-0.4, -0.2) is 7.11 Å². The molecular weight excluding hydrogens is 222 g/mol. The van der Waals surface area contributed by atoms with Crippen LogP contribution in [0.25, 0.3) is 0 Å². The van der Waals surface area contributed by atoms with E-state index < -0.39 is 0 Å². The van der Waals surface area contributed by atoms with Gasteiger partial charge in [-0.1, -0.05) is 11.6 Å². The Morgan fingerprint density at radius 2 is 2.00 bits per heavy atom. The first kappa shape index (κ1) is 11.7. The predicted molar refractivity (Wildman–Crippen MR) is 67.2 cm³/mol. The van der Waals surface area contributed by atoms with E-state index in [0.29, 0.717) is 5.02 Å². The lowest BCUT2D eigenvalue weighted by Gasteiger charge is -2.41. The number of halogens is 1. The molecule has 0 heterocycles. The van der Waals surface area contributed by atoms with Crippen molar-refractivity contribution in [2.24, 2.45) is 5.73 Å². The normalized spacial score (nSPS) is 18.1.